The number of hydrogen-bond acceptors (Lipinski definition) is 6. The molecule has 2 N–H and O–H groups in total. The zero-order valence-electron chi connectivity index (χ0n) is 14.2. The first-order valence-corrected chi connectivity index (χ1v) is 8.86. The molecule has 2 atom stereocenters. The van der Waals surface area contributed by atoms with Crippen LogP contribution in [0.2, 0.25) is 5.02 Å². The van der Waals surface area contributed by atoms with Crippen molar-refractivity contribution in [1.82, 2.24) is 5.32 Å². The summed E-state index contributed by atoms with van der Waals surface area (Å²) in [7, 11) is 3.11. The summed E-state index contributed by atoms with van der Waals surface area (Å²) in [5.74, 6) is 0.0211. The highest BCUT2D eigenvalue weighted by Crippen LogP contribution is 2.28. The average Bonchev–Trinajstić information content (AvgIpc) is 2.86. The van der Waals surface area contributed by atoms with Gasteiger partial charge in [0, 0.05) is 19.2 Å². The molecule has 1 saturated heterocycles. The number of rotatable bonds is 7. The molecule has 0 radical (unpaired) electrons. The second-order valence-corrected chi connectivity index (χ2v) is 7.03. The van der Waals surface area contributed by atoms with Crippen molar-refractivity contribution >= 4 is 46.0 Å². The summed E-state index contributed by atoms with van der Waals surface area (Å²) >= 11 is 7.28. The molecule has 1 heterocycles. The van der Waals surface area contributed by atoms with Gasteiger partial charge in [0.2, 0.25) is 11.8 Å². The first kappa shape index (κ1) is 19.6. The molecule has 0 unspecified atom stereocenters. The van der Waals surface area contributed by atoms with Gasteiger partial charge in [-0.25, -0.2) is 0 Å². The Bertz CT molecular complexity index is 683. The smallest absolute Gasteiger partial charge is 0.240 e. The molecule has 0 spiro atoms. The zero-order valence-corrected chi connectivity index (χ0v) is 15.7. The average molecular weight is 386 g/mol. The van der Waals surface area contributed by atoms with Crippen LogP contribution in [0, 0.1) is 0 Å². The van der Waals surface area contributed by atoms with Crippen molar-refractivity contribution < 1.29 is 19.1 Å². The van der Waals surface area contributed by atoms with E-state index in [2.05, 4.69) is 15.6 Å². The van der Waals surface area contributed by atoms with Crippen LogP contribution in [0.15, 0.2) is 23.2 Å². The summed E-state index contributed by atoms with van der Waals surface area (Å²) in [6, 6.07) is 4.88. The minimum Gasteiger partial charge on any atom is -0.495 e. The predicted molar refractivity (Wildman–Crippen MR) is 99.5 cm³/mol. The molecule has 1 aromatic rings. The van der Waals surface area contributed by atoms with Gasteiger partial charge in [-0.15, -0.1) is 0 Å². The summed E-state index contributed by atoms with van der Waals surface area (Å²) in [6.45, 7) is 2.35. The molecular weight excluding hydrogens is 366 g/mol. The van der Waals surface area contributed by atoms with Gasteiger partial charge in [0.1, 0.15) is 11.0 Å². The normalized spacial score (nSPS) is 19.6. The van der Waals surface area contributed by atoms with E-state index in [0.29, 0.717) is 28.2 Å². The first-order chi connectivity index (χ1) is 11.9. The van der Waals surface area contributed by atoms with Crippen molar-refractivity contribution in [1.29, 1.82) is 0 Å². The van der Waals surface area contributed by atoms with Crippen molar-refractivity contribution in [2.75, 3.05) is 26.1 Å². The molecule has 0 bridgehead atoms. The number of nitrogens with one attached hydrogen (secondary N) is 2. The van der Waals surface area contributed by atoms with Crippen LogP contribution in [0.4, 0.5) is 5.69 Å². The molecule has 0 aliphatic carbocycles. The number of halogens is 1. The number of carbonyl (C=O) groups excluding carboxylic acids is 2. The van der Waals surface area contributed by atoms with Crippen molar-refractivity contribution in [3.63, 3.8) is 0 Å². The number of carbonyl (C=O) groups is 2. The van der Waals surface area contributed by atoms with Crippen LogP contribution in [-0.2, 0) is 14.3 Å². The van der Waals surface area contributed by atoms with E-state index in [9.17, 15) is 9.59 Å². The van der Waals surface area contributed by atoms with Crippen molar-refractivity contribution in [3.8, 4) is 5.75 Å². The molecule has 136 valence electrons. The Morgan fingerprint density at radius 3 is 2.88 bits per heavy atom. The van der Waals surface area contributed by atoms with Crippen molar-refractivity contribution in [2.45, 2.75) is 24.6 Å². The fourth-order valence-corrected chi connectivity index (χ4v) is 3.53. The van der Waals surface area contributed by atoms with Gasteiger partial charge < -0.3 is 20.1 Å². The molecule has 1 aromatic carbocycles. The molecule has 2 rings (SSSR count). The second-order valence-electron chi connectivity index (χ2n) is 5.44. The molecule has 0 saturated carbocycles. The summed E-state index contributed by atoms with van der Waals surface area (Å²) < 4.78 is 10.1. The van der Waals surface area contributed by atoms with Crippen LogP contribution in [0.3, 0.4) is 0 Å². The lowest BCUT2D eigenvalue weighted by molar-refractivity contribution is -0.122. The zero-order chi connectivity index (χ0) is 18.4. The number of ether oxygens (including phenoxy) is 2. The number of benzene rings is 1. The molecule has 7 nitrogen and oxygen atoms in total. The SMILES string of the molecule is COC[C@H](C)N=C1NC(=O)[C@H](CC(=O)Nc2ccc(OC)c(Cl)c2)S1. The summed E-state index contributed by atoms with van der Waals surface area (Å²) in [5.41, 5.74) is 0.543. The number of aliphatic imine (C=N–C) groups is 1. The Hall–Kier alpha value is -1.77. The van der Waals surface area contributed by atoms with E-state index in [1.807, 2.05) is 6.92 Å². The van der Waals surface area contributed by atoms with E-state index in [0.717, 1.165) is 0 Å². The predicted octanol–water partition coefficient (Wildman–Crippen LogP) is 2.30. The lowest BCUT2D eigenvalue weighted by Crippen LogP contribution is -2.28. The van der Waals surface area contributed by atoms with E-state index in [-0.39, 0.29) is 24.3 Å². The highest BCUT2D eigenvalue weighted by molar-refractivity contribution is 8.15. The number of amidine groups is 1. The molecular formula is C16H20ClN3O4S. The highest BCUT2D eigenvalue weighted by atomic mass is 35.5. The van der Waals surface area contributed by atoms with Gasteiger partial charge in [0.05, 0.1) is 24.8 Å². The molecule has 1 aliphatic rings. The Labute approximate surface area is 155 Å². The first-order valence-electron chi connectivity index (χ1n) is 7.60. The molecule has 1 fully saturated rings. The number of anilines is 1. The van der Waals surface area contributed by atoms with Crippen LogP contribution < -0.4 is 15.4 Å². The fraction of sp³-hybridized carbons (Fsp3) is 0.438. The topological polar surface area (TPSA) is 89.0 Å². The third kappa shape index (κ3) is 5.62. The summed E-state index contributed by atoms with van der Waals surface area (Å²) in [6.07, 6.45) is 0.0395. The van der Waals surface area contributed by atoms with Crippen LogP contribution in [0.5, 0.6) is 5.75 Å². The number of hydrogen-bond donors (Lipinski definition) is 2. The lowest BCUT2D eigenvalue weighted by atomic mass is 10.2. The maximum absolute atomic E-state index is 12.2. The maximum Gasteiger partial charge on any atom is 0.240 e. The third-order valence-corrected chi connectivity index (χ3v) is 4.72. The highest BCUT2D eigenvalue weighted by Gasteiger charge is 2.32. The van der Waals surface area contributed by atoms with Crippen LogP contribution in [-0.4, -0.2) is 49.1 Å². The summed E-state index contributed by atoms with van der Waals surface area (Å²) in [5, 5.41) is 5.81. The monoisotopic (exact) mass is 385 g/mol. The Morgan fingerprint density at radius 2 is 2.24 bits per heavy atom. The maximum atomic E-state index is 12.2. The third-order valence-electron chi connectivity index (χ3n) is 3.33. The van der Waals surface area contributed by atoms with Gasteiger partial charge in [-0.1, -0.05) is 23.4 Å². The minimum atomic E-state index is -0.512. The van der Waals surface area contributed by atoms with Crippen LogP contribution >= 0.6 is 23.4 Å². The van der Waals surface area contributed by atoms with E-state index in [1.165, 1.54) is 18.9 Å². The van der Waals surface area contributed by atoms with E-state index >= 15 is 0 Å². The number of thioether (sulfide) groups is 1. The largest absolute Gasteiger partial charge is 0.495 e. The van der Waals surface area contributed by atoms with Gasteiger partial charge in [-0.2, -0.15) is 0 Å². The lowest BCUT2D eigenvalue weighted by Gasteiger charge is -2.09. The summed E-state index contributed by atoms with van der Waals surface area (Å²) in [4.78, 5) is 28.5. The quantitative estimate of drug-likeness (QED) is 0.751. The van der Waals surface area contributed by atoms with Gasteiger partial charge in [-0.3, -0.25) is 14.6 Å². The number of nitrogens with zero attached hydrogens (tertiary/aromatic N) is 1. The van der Waals surface area contributed by atoms with Crippen molar-refractivity contribution in [2.24, 2.45) is 4.99 Å². The number of methoxy groups -OCH3 is 2. The minimum absolute atomic E-state index is 0.0395. The van der Waals surface area contributed by atoms with E-state index in [4.69, 9.17) is 21.1 Å². The standard InChI is InChI=1S/C16H20ClN3O4S/c1-9(8-23-2)18-16-20-15(22)13(25-16)7-14(21)19-10-4-5-12(24-3)11(17)6-10/h4-6,9,13H,7-8H2,1-3H3,(H,19,21)(H,18,20,22)/t9-,13-/m0/s1. The van der Waals surface area contributed by atoms with Crippen LogP contribution in [0.25, 0.3) is 0 Å². The Balaban J connectivity index is 1.92. The Morgan fingerprint density at radius 1 is 1.48 bits per heavy atom. The molecule has 25 heavy (non-hydrogen) atoms. The number of amides is 2. The molecule has 0 aromatic heterocycles. The van der Waals surface area contributed by atoms with Gasteiger partial charge in [0.15, 0.2) is 5.17 Å². The van der Waals surface area contributed by atoms with Gasteiger partial charge in [-0.05, 0) is 25.1 Å². The molecule has 1 aliphatic heterocycles. The molecule has 9 heteroatoms. The van der Waals surface area contributed by atoms with Gasteiger partial charge in [0.25, 0.3) is 0 Å². The van der Waals surface area contributed by atoms with E-state index in [1.54, 1.807) is 25.3 Å². The Kier molecular flexibility index (Phi) is 7.10. The second kappa shape index (κ2) is 9.07. The van der Waals surface area contributed by atoms with Gasteiger partial charge >= 0.3 is 0 Å². The fourth-order valence-electron chi connectivity index (χ4n) is 2.20. The van der Waals surface area contributed by atoms with E-state index < -0.39 is 5.25 Å². The van der Waals surface area contributed by atoms with Crippen LogP contribution in [0.1, 0.15) is 13.3 Å². The molecule has 2 amide bonds. The van der Waals surface area contributed by atoms with Crippen molar-refractivity contribution in [3.05, 3.63) is 23.2 Å².